The van der Waals surface area contributed by atoms with Crippen LogP contribution in [0.25, 0.3) is 10.9 Å². The van der Waals surface area contributed by atoms with Crippen molar-refractivity contribution in [3.63, 3.8) is 0 Å². The van der Waals surface area contributed by atoms with Gasteiger partial charge in [0.1, 0.15) is 17.1 Å². The van der Waals surface area contributed by atoms with Gasteiger partial charge in [-0.3, -0.25) is 4.79 Å². The fourth-order valence-electron chi connectivity index (χ4n) is 3.44. The summed E-state index contributed by atoms with van der Waals surface area (Å²) in [5.41, 5.74) is -1.74. The summed E-state index contributed by atoms with van der Waals surface area (Å²) in [5, 5.41) is 11.9. The molecule has 0 spiro atoms. The molecule has 1 aliphatic heterocycles. The van der Waals surface area contributed by atoms with Crippen LogP contribution in [0.5, 0.6) is 0 Å². The summed E-state index contributed by atoms with van der Waals surface area (Å²) in [6, 6.07) is 0.928. The normalized spacial score (nSPS) is 17.5. The summed E-state index contributed by atoms with van der Waals surface area (Å²) in [6.45, 7) is 3.38. The molecule has 3 rings (SSSR count). The second kappa shape index (κ2) is 7.61. The van der Waals surface area contributed by atoms with E-state index in [1.54, 1.807) is 18.9 Å². The topological polar surface area (TPSA) is 83.8 Å². The van der Waals surface area contributed by atoms with Crippen molar-refractivity contribution in [3.05, 3.63) is 39.7 Å². The van der Waals surface area contributed by atoms with Crippen LogP contribution in [-0.4, -0.2) is 55.0 Å². The predicted molar refractivity (Wildman–Crippen MR) is 96.6 cm³/mol. The van der Waals surface area contributed by atoms with Crippen LogP contribution in [0.15, 0.2) is 17.1 Å². The molecule has 1 atom stereocenters. The number of nitrogens with one attached hydrogen (secondary N) is 1. The third-order valence-electron chi connectivity index (χ3n) is 4.69. The fourth-order valence-corrected chi connectivity index (χ4v) is 3.44. The molecule has 1 aliphatic rings. The van der Waals surface area contributed by atoms with Crippen LogP contribution in [-0.2, 0) is 11.3 Å². The van der Waals surface area contributed by atoms with Gasteiger partial charge in [0, 0.05) is 32.4 Å². The molecule has 1 fully saturated rings. The first-order chi connectivity index (χ1) is 12.9. The van der Waals surface area contributed by atoms with Crippen molar-refractivity contribution in [2.75, 3.05) is 38.2 Å². The number of benzene rings is 1. The molecule has 146 valence electrons. The van der Waals surface area contributed by atoms with E-state index in [0.717, 1.165) is 12.3 Å². The number of aromatic nitrogens is 1. The van der Waals surface area contributed by atoms with Gasteiger partial charge in [0.05, 0.1) is 23.6 Å². The second-order valence-electron chi connectivity index (χ2n) is 6.38. The Labute approximate surface area is 154 Å². The third-order valence-corrected chi connectivity index (χ3v) is 4.69. The summed E-state index contributed by atoms with van der Waals surface area (Å²) >= 11 is 0. The second-order valence-corrected chi connectivity index (χ2v) is 6.38. The van der Waals surface area contributed by atoms with E-state index in [0.29, 0.717) is 26.2 Å². The molecule has 0 saturated carbocycles. The van der Waals surface area contributed by atoms with Gasteiger partial charge in [0.25, 0.3) is 0 Å². The molecule has 1 saturated heterocycles. The van der Waals surface area contributed by atoms with Crippen molar-refractivity contribution < 1.29 is 23.4 Å². The summed E-state index contributed by atoms with van der Waals surface area (Å²) in [4.78, 5) is 25.2. The molecular weight excluding hydrogens is 360 g/mol. The number of aromatic carboxylic acids is 1. The highest BCUT2D eigenvalue weighted by Gasteiger charge is 2.28. The first-order valence-electron chi connectivity index (χ1n) is 8.68. The number of hydrogen-bond acceptors (Lipinski definition) is 5. The van der Waals surface area contributed by atoms with Gasteiger partial charge >= 0.3 is 5.97 Å². The van der Waals surface area contributed by atoms with Crippen LogP contribution in [0.1, 0.15) is 17.3 Å². The molecule has 0 aliphatic carbocycles. The minimum absolute atomic E-state index is 0.0967. The van der Waals surface area contributed by atoms with Gasteiger partial charge in [-0.25, -0.2) is 13.6 Å². The number of carboxylic acids is 1. The van der Waals surface area contributed by atoms with Gasteiger partial charge in [0.15, 0.2) is 5.82 Å². The van der Waals surface area contributed by atoms with Crippen molar-refractivity contribution in [2.24, 2.45) is 0 Å². The molecule has 7 nitrogen and oxygen atoms in total. The molecule has 9 heteroatoms. The average Bonchev–Trinajstić information content (AvgIpc) is 2.63. The maximum Gasteiger partial charge on any atom is 0.341 e. The van der Waals surface area contributed by atoms with Gasteiger partial charge in [0.2, 0.25) is 5.43 Å². The van der Waals surface area contributed by atoms with Crippen LogP contribution in [0.4, 0.5) is 14.5 Å². The lowest BCUT2D eigenvalue weighted by atomic mass is 10.1. The summed E-state index contributed by atoms with van der Waals surface area (Å²) < 4.78 is 37.0. The number of fused-ring (bicyclic) bond motifs is 1. The number of likely N-dealkylation sites (N-methyl/N-ethyl adjacent to an activating group) is 1. The number of halogens is 2. The lowest BCUT2D eigenvalue weighted by Gasteiger charge is -2.35. The molecule has 2 aromatic rings. The highest BCUT2D eigenvalue weighted by Crippen LogP contribution is 2.31. The quantitative estimate of drug-likeness (QED) is 0.815. The molecular formula is C18H21F2N3O4. The van der Waals surface area contributed by atoms with Crippen LogP contribution in [0, 0.1) is 11.6 Å². The zero-order chi connectivity index (χ0) is 19.7. The summed E-state index contributed by atoms with van der Waals surface area (Å²) in [5.74, 6) is -3.20. The van der Waals surface area contributed by atoms with E-state index >= 15 is 4.39 Å². The van der Waals surface area contributed by atoms with Gasteiger partial charge in [-0.05, 0) is 20.0 Å². The van der Waals surface area contributed by atoms with Crippen LogP contribution < -0.4 is 15.6 Å². The molecule has 27 heavy (non-hydrogen) atoms. The molecule has 2 N–H and O–H groups in total. The Hall–Kier alpha value is -2.52. The largest absolute Gasteiger partial charge is 0.477 e. The smallest absolute Gasteiger partial charge is 0.341 e. The van der Waals surface area contributed by atoms with Gasteiger partial charge in [-0.2, -0.15) is 0 Å². The van der Waals surface area contributed by atoms with E-state index in [2.05, 4.69) is 5.32 Å². The number of nitrogens with zero attached hydrogens (tertiary/aromatic N) is 2. The van der Waals surface area contributed by atoms with E-state index in [-0.39, 0.29) is 29.2 Å². The van der Waals surface area contributed by atoms with E-state index < -0.39 is 28.6 Å². The Morgan fingerprint density at radius 3 is 2.81 bits per heavy atom. The fraction of sp³-hybridized carbons (Fsp3) is 0.444. The van der Waals surface area contributed by atoms with Crippen LogP contribution in [0.3, 0.4) is 0 Å². The van der Waals surface area contributed by atoms with Gasteiger partial charge < -0.3 is 24.6 Å². The zero-order valence-electron chi connectivity index (χ0n) is 15.1. The molecule has 1 aromatic heterocycles. The number of aryl methyl sites for hydroxylation is 1. The van der Waals surface area contributed by atoms with Crippen LogP contribution in [0.2, 0.25) is 0 Å². The molecule has 1 unspecified atom stereocenters. The Kier molecular flexibility index (Phi) is 5.43. The Morgan fingerprint density at radius 2 is 2.19 bits per heavy atom. The van der Waals surface area contributed by atoms with Gasteiger partial charge in [-0.15, -0.1) is 0 Å². The number of ether oxygens (including phenoxy) is 1. The minimum Gasteiger partial charge on any atom is -0.477 e. The number of carboxylic acid groups (broad SMARTS) is 1. The molecule has 0 radical (unpaired) electrons. The number of rotatable bonds is 5. The number of pyridine rings is 1. The lowest BCUT2D eigenvalue weighted by molar-refractivity contribution is 0.0417. The summed E-state index contributed by atoms with van der Waals surface area (Å²) in [6.07, 6.45) is 0.877. The number of carbonyl (C=O) groups is 1. The van der Waals surface area contributed by atoms with Crippen molar-refractivity contribution in [2.45, 2.75) is 19.6 Å². The predicted octanol–water partition coefficient (Wildman–Crippen LogP) is 1.42. The molecule has 0 bridgehead atoms. The average molecular weight is 381 g/mol. The van der Waals surface area contributed by atoms with Crippen LogP contribution >= 0.6 is 0 Å². The van der Waals surface area contributed by atoms with Crippen molar-refractivity contribution in [1.29, 1.82) is 0 Å². The van der Waals surface area contributed by atoms with E-state index in [9.17, 15) is 19.1 Å². The maximum atomic E-state index is 15.3. The van der Waals surface area contributed by atoms with Crippen molar-refractivity contribution >= 4 is 22.6 Å². The number of morpholine rings is 1. The van der Waals surface area contributed by atoms with Gasteiger partial charge in [-0.1, -0.05) is 0 Å². The maximum absolute atomic E-state index is 15.3. The van der Waals surface area contributed by atoms with E-state index in [4.69, 9.17) is 4.74 Å². The molecule has 1 aromatic carbocycles. The number of hydrogen-bond donors (Lipinski definition) is 2. The molecule has 0 amide bonds. The standard InChI is InChI=1S/C18H21F2N3O4/c1-3-22-9-12(18(25)26)17(24)11-6-13(19)16(14(20)15(11)22)23-4-5-27-10(8-23)7-21-2/h6,9-10,21H,3-5,7-8H2,1-2H3,(H,25,26). The van der Waals surface area contributed by atoms with E-state index in [1.165, 1.54) is 4.57 Å². The van der Waals surface area contributed by atoms with E-state index in [1.807, 2.05) is 0 Å². The molecule has 2 heterocycles. The summed E-state index contributed by atoms with van der Waals surface area (Å²) in [7, 11) is 1.76. The van der Waals surface area contributed by atoms with Crippen molar-refractivity contribution in [1.82, 2.24) is 9.88 Å². The Bertz CT molecular complexity index is 943. The minimum atomic E-state index is -1.43. The SMILES string of the molecule is CCn1cc(C(=O)O)c(=O)c2cc(F)c(N3CCOC(CNC)C3)c(F)c21. The Morgan fingerprint density at radius 1 is 1.44 bits per heavy atom. The highest BCUT2D eigenvalue weighted by atomic mass is 19.1. The lowest BCUT2D eigenvalue weighted by Crippen LogP contribution is -2.47. The monoisotopic (exact) mass is 381 g/mol. The number of anilines is 1. The highest BCUT2D eigenvalue weighted by molar-refractivity contribution is 5.93. The first-order valence-corrected chi connectivity index (χ1v) is 8.68. The van der Waals surface area contributed by atoms with Crippen molar-refractivity contribution in [3.8, 4) is 0 Å². The third kappa shape index (κ3) is 3.40. The first kappa shape index (κ1) is 19.2. The Balaban J connectivity index is 2.20. The zero-order valence-corrected chi connectivity index (χ0v) is 15.1.